The number of halogens is 1. The van der Waals surface area contributed by atoms with Crippen LogP contribution in [0.25, 0.3) is 0 Å². The van der Waals surface area contributed by atoms with E-state index in [1.54, 1.807) is 0 Å². The zero-order valence-electron chi connectivity index (χ0n) is 11.0. The van der Waals surface area contributed by atoms with Crippen molar-refractivity contribution >= 4 is 17.5 Å². The highest BCUT2D eigenvalue weighted by atomic mass is 35.5. The highest BCUT2D eigenvalue weighted by Crippen LogP contribution is 2.54. The maximum absolute atomic E-state index is 11.6. The van der Waals surface area contributed by atoms with E-state index in [0.29, 0.717) is 11.8 Å². The Morgan fingerprint density at radius 2 is 1.35 bits per heavy atom. The molecule has 0 bridgehead atoms. The van der Waals surface area contributed by atoms with Gasteiger partial charge < -0.3 is 5.32 Å². The molecule has 1 aliphatic rings. The molecule has 1 aliphatic carbocycles. The van der Waals surface area contributed by atoms with Gasteiger partial charge in [-0.25, -0.2) is 0 Å². The summed E-state index contributed by atoms with van der Waals surface area (Å²) in [6.07, 6.45) is 0. The summed E-state index contributed by atoms with van der Waals surface area (Å²) < 4.78 is 0. The van der Waals surface area contributed by atoms with Gasteiger partial charge in [0.2, 0.25) is 5.91 Å². The number of carbonyl (C=O) groups excluding carboxylic acids is 1. The number of amides is 1. The van der Waals surface area contributed by atoms with E-state index in [1.807, 2.05) is 36.4 Å². The summed E-state index contributed by atoms with van der Waals surface area (Å²) in [7, 11) is 0. The summed E-state index contributed by atoms with van der Waals surface area (Å²) >= 11 is 5.60. The molecule has 2 atom stereocenters. The van der Waals surface area contributed by atoms with Crippen LogP contribution in [-0.4, -0.2) is 17.8 Å². The van der Waals surface area contributed by atoms with Crippen LogP contribution in [0.3, 0.4) is 0 Å². The molecule has 2 nitrogen and oxygen atoms in total. The summed E-state index contributed by atoms with van der Waals surface area (Å²) in [4.78, 5) is 11.6. The first-order valence-corrected chi connectivity index (χ1v) is 7.30. The van der Waals surface area contributed by atoms with E-state index in [9.17, 15) is 4.79 Å². The molecule has 0 spiro atoms. The predicted octanol–water partition coefficient (Wildman–Crippen LogP) is 3.29. The minimum atomic E-state index is -0.101. The van der Waals surface area contributed by atoms with E-state index in [1.165, 1.54) is 11.1 Å². The van der Waals surface area contributed by atoms with E-state index in [-0.39, 0.29) is 17.8 Å². The second-order valence-corrected chi connectivity index (χ2v) is 5.37. The minimum absolute atomic E-state index is 0.0134. The molecule has 20 heavy (non-hydrogen) atoms. The third kappa shape index (κ3) is 2.56. The molecule has 1 saturated carbocycles. The third-order valence-electron chi connectivity index (χ3n) is 3.84. The molecule has 0 heterocycles. The molecule has 0 aliphatic heterocycles. The number of rotatable bonds is 4. The van der Waals surface area contributed by atoms with Gasteiger partial charge in [0.15, 0.2) is 0 Å². The van der Waals surface area contributed by atoms with Crippen molar-refractivity contribution < 1.29 is 4.79 Å². The van der Waals surface area contributed by atoms with Gasteiger partial charge in [0.05, 0.1) is 0 Å². The number of hydrogen-bond acceptors (Lipinski definition) is 1. The van der Waals surface area contributed by atoms with Crippen LogP contribution in [0.15, 0.2) is 60.7 Å². The van der Waals surface area contributed by atoms with E-state index < -0.39 is 0 Å². The molecule has 2 aromatic rings. The SMILES string of the molecule is O=C(CCl)NC1[C@H](c2ccccc2)[C@H]1c1ccccc1. The lowest BCUT2D eigenvalue weighted by molar-refractivity contribution is -0.118. The Morgan fingerprint density at radius 1 is 0.900 bits per heavy atom. The average molecular weight is 286 g/mol. The molecule has 1 N–H and O–H groups in total. The first kappa shape index (κ1) is 13.2. The van der Waals surface area contributed by atoms with Gasteiger partial charge in [0.25, 0.3) is 0 Å². The summed E-state index contributed by atoms with van der Waals surface area (Å²) in [6.45, 7) is 0. The Hall–Kier alpha value is -1.80. The van der Waals surface area contributed by atoms with E-state index in [4.69, 9.17) is 11.6 Å². The van der Waals surface area contributed by atoms with Gasteiger partial charge in [-0.2, -0.15) is 0 Å². The third-order valence-corrected chi connectivity index (χ3v) is 4.08. The van der Waals surface area contributed by atoms with Crippen molar-refractivity contribution in [2.24, 2.45) is 0 Å². The van der Waals surface area contributed by atoms with E-state index in [2.05, 4.69) is 29.6 Å². The van der Waals surface area contributed by atoms with Gasteiger partial charge in [0.1, 0.15) is 5.88 Å². The first-order valence-electron chi connectivity index (χ1n) is 6.76. The maximum atomic E-state index is 11.6. The maximum Gasteiger partial charge on any atom is 0.235 e. The van der Waals surface area contributed by atoms with Gasteiger partial charge >= 0.3 is 0 Å². The van der Waals surface area contributed by atoms with Crippen molar-refractivity contribution in [1.82, 2.24) is 5.32 Å². The highest BCUT2D eigenvalue weighted by molar-refractivity contribution is 6.27. The molecule has 3 heteroatoms. The summed E-state index contributed by atoms with van der Waals surface area (Å²) in [5, 5.41) is 3.03. The van der Waals surface area contributed by atoms with Crippen molar-refractivity contribution in [2.45, 2.75) is 17.9 Å². The van der Waals surface area contributed by atoms with Gasteiger partial charge in [-0.15, -0.1) is 11.6 Å². The first-order chi connectivity index (χ1) is 9.81. The van der Waals surface area contributed by atoms with Crippen molar-refractivity contribution in [3.8, 4) is 0 Å². The fraction of sp³-hybridized carbons (Fsp3) is 0.235. The minimum Gasteiger partial charge on any atom is -0.351 e. The number of nitrogens with one attached hydrogen (secondary N) is 1. The molecule has 0 aromatic heterocycles. The van der Waals surface area contributed by atoms with Gasteiger partial charge in [-0.1, -0.05) is 60.7 Å². The summed E-state index contributed by atoms with van der Waals surface area (Å²) in [5.41, 5.74) is 2.53. The predicted molar refractivity (Wildman–Crippen MR) is 81.0 cm³/mol. The lowest BCUT2D eigenvalue weighted by Gasteiger charge is -2.01. The van der Waals surface area contributed by atoms with Crippen LogP contribution >= 0.6 is 11.6 Å². The van der Waals surface area contributed by atoms with Crippen LogP contribution in [-0.2, 0) is 4.79 Å². The van der Waals surface area contributed by atoms with Crippen LogP contribution in [0, 0.1) is 0 Å². The molecule has 1 amide bonds. The topological polar surface area (TPSA) is 29.1 Å². The zero-order chi connectivity index (χ0) is 13.9. The van der Waals surface area contributed by atoms with Gasteiger partial charge in [0, 0.05) is 17.9 Å². The standard InChI is InChI=1S/C17H16ClNO/c18-11-14(20)19-17-15(12-7-3-1-4-8-12)16(17)13-9-5-2-6-10-13/h1-10,15-17H,11H2,(H,19,20)/t15-,16-/m1/s1. The molecule has 0 saturated heterocycles. The fourth-order valence-electron chi connectivity index (χ4n) is 2.89. The lowest BCUT2D eigenvalue weighted by atomic mass is 10.0. The van der Waals surface area contributed by atoms with Gasteiger partial charge in [-0.3, -0.25) is 4.79 Å². The Bertz CT molecular complexity index is 539. The lowest BCUT2D eigenvalue weighted by Crippen LogP contribution is -2.28. The summed E-state index contributed by atoms with van der Waals surface area (Å²) in [5.74, 6) is 0.590. The molecule has 1 fully saturated rings. The molecule has 102 valence electrons. The molecule has 0 radical (unpaired) electrons. The summed E-state index contributed by atoms with van der Waals surface area (Å²) in [6, 6.07) is 20.8. The Labute approximate surface area is 123 Å². The zero-order valence-corrected chi connectivity index (χ0v) is 11.8. The quantitative estimate of drug-likeness (QED) is 0.858. The number of alkyl halides is 1. The monoisotopic (exact) mass is 285 g/mol. The normalized spacial score (nSPS) is 24.1. The van der Waals surface area contributed by atoms with Crippen LogP contribution in [0.2, 0.25) is 0 Å². The Morgan fingerprint density at radius 3 is 1.75 bits per heavy atom. The van der Waals surface area contributed by atoms with Crippen molar-refractivity contribution in [3.63, 3.8) is 0 Å². The largest absolute Gasteiger partial charge is 0.351 e. The number of benzene rings is 2. The van der Waals surface area contributed by atoms with Crippen molar-refractivity contribution in [1.29, 1.82) is 0 Å². The Kier molecular flexibility index (Phi) is 3.75. The van der Waals surface area contributed by atoms with E-state index in [0.717, 1.165) is 0 Å². The Balaban J connectivity index is 1.85. The highest BCUT2D eigenvalue weighted by Gasteiger charge is 2.52. The van der Waals surface area contributed by atoms with E-state index >= 15 is 0 Å². The molecular formula is C17H16ClNO. The van der Waals surface area contributed by atoms with Crippen molar-refractivity contribution in [3.05, 3.63) is 71.8 Å². The van der Waals surface area contributed by atoms with Gasteiger partial charge in [-0.05, 0) is 11.1 Å². The van der Waals surface area contributed by atoms with Crippen LogP contribution < -0.4 is 5.32 Å². The van der Waals surface area contributed by atoms with Crippen LogP contribution in [0.5, 0.6) is 0 Å². The molecular weight excluding hydrogens is 270 g/mol. The fourth-order valence-corrected chi connectivity index (χ4v) is 2.97. The smallest absolute Gasteiger partial charge is 0.235 e. The molecule has 0 unspecified atom stereocenters. The average Bonchev–Trinajstić information content (AvgIpc) is 3.22. The number of carbonyl (C=O) groups is 1. The van der Waals surface area contributed by atoms with Crippen molar-refractivity contribution in [2.75, 3.05) is 5.88 Å². The number of hydrogen-bond donors (Lipinski definition) is 1. The molecule has 2 aromatic carbocycles. The van der Waals surface area contributed by atoms with Crippen LogP contribution in [0.4, 0.5) is 0 Å². The molecule has 3 rings (SSSR count). The second kappa shape index (κ2) is 5.68. The van der Waals surface area contributed by atoms with Crippen LogP contribution in [0.1, 0.15) is 23.0 Å². The second-order valence-electron chi connectivity index (χ2n) is 5.10.